The number of benzene rings is 2. The van der Waals surface area contributed by atoms with E-state index in [1.165, 1.54) is 24.3 Å². The van der Waals surface area contributed by atoms with Crippen molar-refractivity contribution in [3.05, 3.63) is 52.3 Å². The van der Waals surface area contributed by atoms with E-state index in [9.17, 15) is 21.2 Å². The summed E-state index contributed by atoms with van der Waals surface area (Å²) in [5, 5.41) is 0. The third-order valence-electron chi connectivity index (χ3n) is 3.93. The van der Waals surface area contributed by atoms with E-state index in [0.717, 1.165) is 17.2 Å². The highest BCUT2D eigenvalue weighted by atomic mass is 79.9. The standard InChI is InChI=1S/C16H15BrFNO4S3/c1-25(20,21)11-3-4-13(17)16(9-11)26(22,23)19-14-6-7-24-15-5-2-10(18)8-12(14)15/h2-5,8-9,14,19H,6-7H2,1H3. The van der Waals surface area contributed by atoms with Crippen molar-refractivity contribution in [1.82, 2.24) is 4.72 Å². The van der Waals surface area contributed by atoms with E-state index in [0.29, 0.717) is 17.7 Å². The zero-order chi connectivity index (χ0) is 19.1. The molecule has 1 N–H and O–H groups in total. The summed E-state index contributed by atoms with van der Waals surface area (Å²) in [6.07, 6.45) is 1.52. The van der Waals surface area contributed by atoms with Crippen molar-refractivity contribution in [2.45, 2.75) is 27.1 Å². The molecular weight excluding hydrogens is 465 g/mol. The Morgan fingerprint density at radius 1 is 1.15 bits per heavy atom. The zero-order valence-electron chi connectivity index (χ0n) is 13.6. The van der Waals surface area contributed by atoms with Gasteiger partial charge in [-0.2, -0.15) is 0 Å². The molecular formula is C16H15BrFNO4S3. The summed E-state index contributed by atoms with van der Waals surface area (Å²) in [5.74, 6) is 0.256. The topological polar surface area (TPSA) is 80.3 Å². The van der Waals surface area contributed by atoms with Gasteiger partial charge in [0.15, 0.2) is 9.84 Å². The van der Waals surface area contributed by atoms with E-state index < -0.39 is 31.7 Å². The van der Waals surface area contributed by atoms with Gasteiger partial charge in [-0.1, -0.05) is 0 Å². The molecule has 1 atom stereocenters. The van der Waals surface area contributed by atoms with E-state index in [1.807, 2.05) is 0 Å². The molecule has 5 nitrogen and oxygen atoms in total. The van der Waals surface area contributed by atoms with Gasteiger partial charge >= 0.3 is 0 Å². The number of hydrogen-bond acceptors (Lipinski definition) is 5. The van der Waals surface area contributed by atoms with Crippen LogP contribution in [0.4, 0.5) is 4.39 Å². The molecule has 0 aliphatic carbocycles. The average Bonchev–Trinajstić information content (AvgIpc) is 2.54. The van der Waals surface area contributed by atoms with Gasteiger partial charge in [-0.3, -0.25) is 0 Å². The van der Waals surface area contributed by atoms with Gasteiger partial charge in [-0.25, -0.2) is 25.9 Å². The number of hydrogen-bond donors (Lipinski definition) is 1. The second-order valence-corrected chi connectivity index (χ2v) is 11.5. The molecule has 2 aromatic carbocycles. The third-order valence-corrected chi connectivity index (χ3v) is 8.63. The minimum atomic E-state index is -4.02. The number of nitrogens with one attached hydrogen (secondary N) is 1. The highest BCUT2D eigenvalue weighted by molar-refractivity contribution is 9.10. The number of sulfonamides is 1. The fourth-order valence-electron chi connectivity index (χ4n) is 2.66. The van der Waals surface area contributed by atoms with E-state index in [4.69, 9.17) is 0 Å². The first kappa shape index (κ1) is 19.8. The van der Waals surface area contributed by atoms with Crippen molar-refractivity contribution in [2.24, 2.45) is 0 Å². The maximum Gasteiger partial charge on any atom is 0.242 e. The predicted octanol–water partition coefficient (Wildman–Crippen LogP) is 3.51. The van der Waals surface area contributed by atoms with E-state index in [-0.39, 0.29) is 14.3 Å². The third kappa shape index (κ3) is 4.14. The molecule has 1 aliphatic heterocycles. The first-order chi connectivity index (χ1) is 12.1. The Labute approximate surface area is 164 Å². The highest BCUT2D eigenvalue weighted by Crippen LogP contribution is 2.37. The lowest BCUT2D eigenvalue weighted by molar-refractivity contribution is 0.541. The Balaban J connectivity index is 2.00. The van der Waals surface area contributed by atoms with Crippen LogP contribution in [0.15, 0.2) is 55.6 Å². The van der Waals surface area contributed by atoms with Gasteiger partial charge in [0.1, 0.15) is 5.82 Å². The van der Waals surface area contributed by atoms with Crippen molar-refractivity contribution in [2.75, 3.05) is 12.0 Å². The molecule has 1 unspecified atom stereocenters. The van der Waals surface area contributed by atoms with Gasteiger partial charge in [0.05, 0.1) is 9.79 Å². The smallest absolute Gasteiger partial charge is 0.224 e. The van der Waals surface area contributed by atoms with Crippen LogP contribution in [-0.4, -0.2) is 28.8 Å². The Bertz CT molecular complexity index is 1070. The molecule has 10 heteroatoms. The number of halogens is 2. The Morgan fingerprint density at radius 3 is 2.58 bits per heavy atom. The number of thioether (sulfide) groups is 1. The molecule has 1 aliphatic rings. The molecule has 0 bridgehead atoms. The summed E-state index contributed by atoms with van der Waals surface area (Å²) >= 11 is 4.70. The monoisotopic (exact) mass is 479 g/mol. The summed E-state index contributed by atoms with van der Waals surface area (Å²) in [4.78, 5) is 0.567. The van der Waals surface area contributed by atoms with Gasteiger partial charge in [-0.15, -0.1) is 11.8 Å². The molecule has 26 heavy (non-hydrogen) atoms. The minimum Gasteiger partial charge on any atom is -0.224 e. The maximum absolute atomic E-state index is 13.6. The fourth-order valence-corrected chi connectivity index (χ4v) is 6.73. The second-order valence-electron chi connectivity index (χ2n) is 5.86. The lowest BCUT2D eigenvalue weighted by atomic mass is 10.0. The van der Waals surface area contributed by atoms with Crippen LogP contribution >= 0.6 is 27.7 Å². The van der Waals surface area contributed by atoms with Crippen LogP contribution in [0.5, 0.6) is 0 Å². The van der Waals surface area contributed by atoms with Crippen molar-refractivity contribution in [3.8, 4) is 0 Å². The molecule has 0 saturated carbocycles. The normalized spacial score (nSPS) is 17.7. The molecule has 0 spiro atoms. The Hall–Kier alpha value is -0.940. The molecule has 3 rings (SSSR count). The first-order valence-corrected chi connectivity index (χ1v) is 12.7. The number of rotatable bonds is 4. The molecule has 1 heterocycles. The van der Waals surface area contributed by atoms with Gasteiger partial charge in [0.25, 0.3) is 0 Å². The molecule has 0 amide bonds. The Morgan fingerprint density at radius 2 is 1.88 bits per heavy atom. The SMILES string of the molecule is CS(=O)(=O)c1ccc(Br)c(S(=O)(=O)NC2CCSc3ccc(F)cc32)c1. The summed E-state index contributed by atoms with van der Waals surface area (Å²) in [5.41, 5.74) is 0.584. The maximum atomic E-state index is 13.6. The van der Waals surface area contributed by atoms with Crippen LogP contribution in [0.1, 0.15) is 18.0 Å². The number of fused-ring (bicyclic) bond motifs is 1. The Kier molecular flexibility index (Phi) is 5.51. The van der Waals surface area contributed by atoms with Crippen LogP contribution in [0.3, 0.4) is 0 Å². The number of sulfone groups is 1. The van der Waals surface area contributed by atoms with Crippen LogP contribution < -0.4 is 4.72 Å². The summed E-state index contributed by atoms with van der Waals surface area (Å²) in [6, 6.07) is 7.56. The van der Waals surface area contributed by atoms with E-state index >= 15 is 0 Å². The molecule has 0 saturated heterocycles. The largest absolute Gasteiger partial charge is 0.242 e. The fraction of sp³-hybridized carbons (Fsp3) is 0.250. The van der Waals surface area contributed by atoms with Crippen molar-refractivity contribution in [1.29, 1.82) is 0 Å². The second kappa shape index (κ2) is 7.23. The average molecular weight is 480 g/mol. The quantitative estimate of drug-likeness (QED) is 0.725. The van der Waals surface area contributed by atoms with E-state index in [1.54, 1.807) is 17.8 Å². The van der Waals surface area contributed by atoms with Gasteiger partial charge in [-0.05, 0) is 70.1 Å². The molecule has 140 valence electrons. The minimum absolute atomic E-state index is 0.0910. The van der Waals surface area contributed by atoms with E-state index in [2.05, 4.69) is 20.7 Å². The van der Waals surface area contributed by atoms with Crippen molar-refractivity contribution >= 4 is 47.6 Å². The highest BCUT2D eigenvalue weighted by Gasteiger charge is 2.28. The first-order valence-electron chi connectivity index (χ1n) is 7.52. The van der Waals surface area contributed by atoms with Crippen LogP contribution in [0.2, 0.25) is 0 Å². The predicted molar refractivity (Wildman–Crippen MR) is 102 cm³/mol. The van der Waals surface area contributed by atoms with Crippen LogP contribution in [-0.2, 0) is 19.9 Å². The molecule has 0 radical (unpaired) electrons. The van der Waals surface area contributed by atoms with Gasteiger partial charge < -0.3 is 0 Å². The molecule has 2 aromatic rings. The molecule has 0 aromatic heterocycles. The van der Waals surface area contributed by atoms with Crippen molar-refractivity contribution < 1.29 is 21.2 Å². The lowest BCUT2D eigenvalue weighted by Gasteiger charge is -2.26. The summed E-state index contributed by atoms with van der Waals surface area (Å²) in [7, 11) is -7.58. The summed E-state index contributed by atoms with van der Waals surface area (Å²) in [6.45, 7) is 0. The zero-order valence-corrected chi connectivity index (χ0v) is 17.6. The van der Waals surface area contributed by atoms with Crippen LogP contribution in [0.25, 0.3) is 0 Å². The van der Waals surface area contributed by atoms with Gasteiger partial charge in [0, 0.05) is 21.7 Å². The van der Waals surface area contributed by atoms with Crippen molar-refractivity contribution in [3.63, 3.8) is 0 Å². The van der Waals surface area contributed by atoms with Gasteiger partial charge in [0.2, 0.25) is 10.0 Å². The van der Waals surface area contributed by atoms with Crippen LogP contribution in [0, 0.1) is 5.82 Å². The molecule has 0 fully saturated rings. The lowest BCUT2D eigenvalue weighted by Crippen LogP contribution is -2.31. The summed E-state index contributed by atoms with van der Waals surface area (Å²) < 4.78 is 65.6.